The summed E-state index contributed by atoms with van der Waals surface area (Å²) in [4.78, 5) is 10.2. The lowest BCUT2D eigenvalue weighted by Crippen LogP contribution is -2.01. The average Bonchev–Trinajstić information content (AvgIpc) is 2.41. The van der Waals surface area contributed by atoms with Crippen LogP contribution in [0.3, 0.4) is 0 Å². The zero-order chi connectivity index (χ0) is 14.7. The summed E-state index contributed by atoms with van der Waals surface area (Å²) < 4.78 is 14.4. The van der Waals surface area contributed by atoms with Gasteiger partial charge in [-0.3, -0.25) is 10.1 Å². The average molecular weight is 404 g/mol. The summed E-state index contributed by atoms with van der Waals surface area (Å²) >= 11 is 6.36. The molecule has 0 fully saturated rings. The highest BCUT2D eigenvalue weighted by molar-refractivity contribution is 9.10. The number of halogens is 3. The van der Waals surface area contributed by atoms with Gasteiger partial charge in [0.2, 0.25) is 0 Å². The summed E-state index contributed by atoms with van der Waals surface area (Å²) in [6, 6.07) is 9.30. The molecule has 0 radical (unpaired) electrons. The van der Waals surface area contributed by atoms with Gasteiger partial charge in [-0.05, 0) is 55.6 Å². The van der Waals surface area contributed by atoms with Crippen molar-refractivity contribution >= 4 is 43.2 Å². The number of non-ortho nitro benzene ring substituents is 1. The lowest BCUT2D eigenvalue weighted by atomic mass is 10.2. The molecule has 0 unspecified atom stereocenters. The van der Waals surface area contributed by atoms with Crippen LogP contribution in [0, 0.1) is 15.9 Å². The number of benzene rings is 2. The molecule has 0 atom stereocenters. The number of nitrogens with zero attached hydrogens (tertiary/aromatic N) is 1. The van der Waals surface area contributed by atoms with E-state index in [1.807, 2.05) is 0 Å². The third-order valence-electron chi connectivity index (χ3n) is 2.63. The zero-order valence-corrected chi connectivity index (χ0v) is 13.2. The standard InChI is InChI=1S/C13H9Br2FN2O2/c14-10-3-1-8(5-12(10)16)7-17-13-4-2-9(18(19)20)6-11(13)15/h1-6,17H,7H2. The van der Waals surface area contributed by atoms with Crippen molar-refractivity contribution in [1.82, 2.24) is 0 Å². The predicted molar refractivity (Wildman–Crippen MR) is 82.2 cm³/mol. The summed E-state index contributed by atoms with van der Waals surface area (Å²) in [6.07, 6.45) is 0. The van der Waals surface area contributed by atoms with Gasteiger partial charge in [0, 0.05) is 28.8 Å². The summed E-state index contributed by atoms with van der Waals surface area (Å²) in [6.45, 7) is 0.417. The fourth-order valence-corrected chi connectivity index (χ4v) is 2.36. The van der Waals surface area contributed by atoms with E-state index in [-0.39, 0.29) is 11.5 Å². The van der Waals surface area contributed by atoms with E-state index in [1.54, 1.807) is 18.2 Å². The van der Waals surface area contributed by atoms with Crippen LogP contribution >= 0.6 is 31.9 Å². The molecule has 0 saturated heterocycles. The molecule has 7 heteroatoms. The lowest BCUT2D eigenvalue weighted by Gasteiger charge is -2.09. The van der Waals surface area contributed by atoms with E-state index in [9.17, 15) is 14.5 Å². The van der Waals surface area contributed by atoms with Gasteiger partial charge in [0.05, 0.1) is 9.40 Å². The van der Waals surface area contributed by atoms with E-state index in [1.165, 1.54) is 18.2 Å². The Hall–Kier alpha value is -1.47. The Kier molecular flexibility index (Phi) is 4.72. The second-order valence-electron chi connectivity index (χ2n) is 4.02. The minimum absolute atomic E-state index is 0.0112. The number of rotatable bonds is 4. The van der Waals surface area contributed by atoms with E-state index in [4.69, 9.17) is 0 Å². The molecule has 0 aliphatic carbocycles. The molecule has 0 aliphatic heterocycles. The van der Waals surface area contributed by atoms with Crippen molar-refractivity contribution in [1.29, 1.82) is 0 Å². The molecule has 104 valence electrons. The van der Waals surface area contributed by atoms with E-state index in [0.29, 0.717) is 21.2 Å². The maximum atomic E-state index is 13.4. The van der Waals surface area contributed by atoms with Crippen molar-refractivity contribution in [3.05, 3.63) is 66.8 Å². The smallest absolute Gasteiger partial charge is 0.270 e. The second kappa shape index (κ2) is 6.32. The van der Waals surface area contributed by atoms with E-state index < -0.39 is 4.92 Å². The van der Waals surface area contributed by atoms with Gasteiger partial charge in [-0.15, -0.1) is 0 Å². The highest BCUT2D eigenvalue weighted by Crippen LogP contribution is 2.27. The van der Waals surface area contributed by atoms with Crippen LogP contribution in [0.15, 0.2) is 45.3 Å². The molecule has 0 saturated carbocycles. The zero-order valence-electron chi connectivity index (χ0n) is 10.1. The SMILES string of the molecule is O=[N+]([O-])c1ccc(NCc2ccc(Br)c(F)c2)c(Br)c1. The van der Waals surface area contributed by atoms with Crippen molar-refractivity contribution in [3.8, 4) is 0 Å². The fourth-order valence-electron chi connectivity index (χ4n) is 1.61. The van der Waals surface area contributed by atoms with E-state index >= 15 is 0 Å². The first-order chi connectivity index (χ1) is 9.47. The number of hydrogen-bond donors (Lipinski definition) is 1. The largest absolute Gasteiger partial charge is 0.380 e. The number of nitro groups is 1. The molecule has 0 aromatic heterocycles. The van der Waals surface area contributed by atoms with Crippen LogP contribution in [0.5, 0.6) is 0 Å². The van der Waals surface area contributed by atoms with Crippen molar-refractivity contribution in [3.63, 3.8) is 0 Å². The Bertz CT molecular complexity index is 665. The Labute approximate surface area is 131 Å². The number of anilines is 1. The maximum absolute atomic E-state index is 13.4. The van der Waals surface area contributed by atoms with Crippen LogP contribution in [0.4, 0.5) is 15.8 Å². The third kappa shape index (κ3) is 3.55. The Morgan fingerprint density at radius 2 is 1.90 bits per heavy atom. The minimum atomic E-state index is -0.460. The van der Waals surface area contributed by atoms with Crippen LogP contribution in [0.25, 0.3) is 0 Å². The molecule has 0 spiro atoms. The molecule has 2 aromatic rings. The molecule has 20 heavy (non-hydrogen) atoms. The summed E-state index contributed by atoms with van der Waals surface area (Å²) in [7, 11) is 0. The van der Waals surface area contributed by atoms with Gasteiger partial charge >= 0.3 is 0 Å². The number of hydrogen-bond acceptors (Lipinski definition) is 3. The van der Waals surface area contributed by atoms with Gasteiger partial charge in [0.25, 0.3) is 5.69 Å². The van der Waals surface area contributed by atoms with E-state index in [0.717, 1.165) is 5.56 Å². The fraction of sp³-hybridized carbons (Fsp3) is 0.0769. The molecular formula is C13H9Br2FN2O2. The first-order valence-electron chi connectivity index (χ1n) is 5.59. The Morgan fingerprint density at radius 1 is 1.15 bits per heavy atom. The van der Waals surface area contributed by atoms with Gasteiger partial charge in [-0.2, -0.15) is 0 Å². The highest BCUT2D eigenvalue weighted by atomic mass is 79.9. The van der Waals surface area contributed by atoms with Gasteiger partial charge in [-0.1, -0.05) is 6.07 Å². The highest BCUT2D eigenvalue weighted by Gasteiger charge is 2.09. The summed E-state index contributed by atoms with van der Waals surface area (Å²) in [5.41, 5.74) is 1.49. The molecule has 0 aliphatic rings. The van der Waals surface area contributed by atoms with Gasteiger partial charge in [0.15, 0.2) is 0 Å². The van der Waals surface area contributed by atoms with Crippen LogP contribution in [0.2, 0.25) is 0 Å². The molecule has 0 heterocycles. The first-order valence-corrected chi connectivity index (χ1v) is 7.17. The quantitative estimate of drug-likeness (QED) is 0.585. The van der Waals surface area contributed by atoms with Crippen LogP contribution in [-0.2, 0) is 6.54 Å². The molecule has 1 N–H and O–H groups in total. The normalized spacial score (nSPS) is 10.3. The molecule has 0 bridgehead atoms. The lowest BCUT2D eigenvalue weighted by molar-refractivity contribution is -0.384. The van der Waals surface area contributed by atoms with Crippen LogP contribution in [-0.4, -0.2) is 4.92 Å². The van der Waals surface area contributed by atoms with Crippen molar-refractivity contribution in [2.24, 2.45) is 0 Å². The first kappa shape index (κ1) is 14.9. The second-order valence-corrected chi connectivity index (χ2v) is 5.73. The Morgan fingerprint density at radius 3 is 2.50 bits per heavy atom. The van der Waals surface area contributed by atoms with Crippen molar-refractivity contribution in [2.75, 3.05) is 5.32 Å². The van der Waals surface area contributed by atoms with Gasteiger partial charge < -0.3 is 5.32 Å². The predicted octanol–water partition coefficient (Wildman–Crippen LogP) is 4.87. The van der Waals surface area contributed by atoms with E-state index in [2.05, 4.69) is 37.2 Å². The van der Waals surface area contributed by atoms with Crippen LogP contribution < -0.4 is 5.32 Å². The Balaban J connectivity index is 2.10. The van der Waals surface area contributed by atoms with Crippen molar-refractivity contribution in [2.45, 2.75) is 6.54 Å². The van der Waals surface area contributed by atoms with Crippen LogP contribution in [0.1, 0.15) is 5.56 Å². The van der Waals surface area contributed by atoms with Gasteiger partial charge in [0.1, 0.15) is 5.82 Å². The minimum Gasteiger partial charge on any atom is -0.380 e. The molecule has 4 nitrogen and oxygen atoms in total. The number of nitro benzene ring substituents is 1. The molecule has 2 rings (SSSR count). The topological polar surface area (TPSA) is 55.2 Å². The molecular weight excluding hydrogens is 395 g/mol. The monoisotopic (exact) mass is 402 g/mol. The maximum Gasteiger partial charge on any atom is 0.270 e. The third-order valence-corrected chi connectivity index (χ3v) is 3.93. The van der Waals surface area contributed by atoms with Gasteiger partial charge in [-0.25, -0.2) is 4.39 Å². The summed E-state index contributed by atoms with van der Waals surface area (Å²) in [5.74, 6) is -0.327. The summed E-state index contributed by atoms with van der Waals surface area (Å²) in [5, 5.41) is 13.7. The molecule has 2 aromatic carbocycles. The molecule has 0 amide bonds. The van der Waals surface area contributed by atoms with Crippen molar-refractivity contribution < 1.29 is 9.31 Å². The number of nitrogens with one attached hydrogen (secondary N) is 1.